The van der Waals surface area contributed by atoms with Gasteiger partial charge in [-0.25, -0.2) is 0 Å². The highest BCUT2D eigenvalue weighted by molar-refractivity contribution is 5.80. The van der Waals surface area contributed by atoms with Gasteiger partial charge in [0, 0.05) is 6.20 Å². The lowest BCUT2D eigenvalue weighted by Gasteiger charge is -2.22. The molecule has 2 rings (SSSR count). The van der Waals surface area contributed by atoms with Gasteiger partial charge in [-0.2, -0.15) is 0 Å². The number of hydrogen-bond acceptors (Lipinski definition) is 2. The van der Waals surface area contributed by atoms with Crippen molar-refractivity contribution in [3.8, 4) is 0 Å². The molecule has 2 nitrogen and oxygen atoms in total. The Morgan fingerprint density at radius 3 is 2.47 bits per heavy atom. The third-order valence-corrected chi connectivity index (χ3v) is 3.06. The smallest absolute Gasteiger partial charge is 0.0812 e. The molecule has 0 saturated heterocycles. The molecule has 0 spiro atoms. The molecule has 0 amide bonds. The maximum absolute atomic E-state index is 4.65. The van der Waals surface area contributed by atoms with Crippen molar-refractivity contribution in [1.82, 2.24) is 4.98 Å². The van der Waals surface area contributed by atoms with Crippen LogP contribution in [0.25, 0.3) is 0 Å². The average Bonchev–Trinajstić information content (AvgIpc) is 2.37. The van der Waals surface area contributed by atoms with Crippen molar-refractivity contribution in [3.63, 3.8) is 0 Å². The summed E-state index contributed by atoms with van der Waals surface area (Å²) in [6, 6.07) is 12.2. The van der Waals surface area contributed by atoms with Crippen LogP contribution in [0.4, 0.5) is 5.69 Å². The summed E-state index contributed by atoms with van der Waals surface area (Å²) in [5, 5.41) is 0. The Labute approximate surface area is 115 Å². The third-order valence-electron chi connectivity index (χ3n) is 3.06. The Morgan fingerprint density at radius 1 is 1.05 bits per heavy atom. The zero-order valence-electron chi connectivity index (χ0n) is 12.0. The van der Waals surface area contributed by atoms with Crippen molar-refractivity contribution in [2.45, 2.75) is 33.1 Å². The highest BCUT2D eigenvalue weighted by Gasteiger charge is 2.18. The molecule has 0 aliphatic carbocycles. The van der Waals surface area contributed by atoms with E-state index in [1.807, 2.05) is 24.4 Å². The first-order chi connectivity index (χ1) is 8.98. The highest BCUT2D eigenvalue weighted by atomic mass is 14.8. The van der Waals surface area contributed by atoms with E-state index in [1.54, 1.807) is 6.20 Å². The first kappa shape index (κ1) is 13.5. The molecule has 19 heavy (non-hydrogen) atoms. The fourth-order valence-corrected chi connectivity index (χ4v) is 2.02. The topological polar surface area (TPSA) is 25.2 Å². The molecule has 0 atom stereocenters. The Kier molecular flexibility index (Phi) is 3.79. The zero-order chi connectivity index (χ0) is 13.9. The number of hydrogen-bond donors (Lipinski definition) is 0. The van der Waals surface area contributed by atoms with E-state index < -0.39 is 0 Å². The van der Waals surface area contributed by atoms with E-state index >= 15 is 0 Å². The second-order valence-electron chi connectivity index (χ2n) is 5.73. The number of rotatable bonds is 2. The quantitative estimate of drug-likeness (QED) is 0.725. The maximum atomic E-state index is 4.65. The van der Waals surface area contributed by atoms with E-state index in [4.69, 9.17) is 0 Å². The second-order valence-corrected chi connectivity index (χ2v) is 5.73. The summed E-state index contributed by atoms with van der Waals surface area (Å²) in [6.07, 6.45) is 3.61. The van der Waals surface area contributed by atoms with Crippen LogP contribution in [0.3, 0.4) is 0 Å². The summed E-state index contributed by atoms with van der Waals surface area (Å²) in [5.41, 5.74) is 4.48. The normalized spacial score (nSPS) is 12.0. The number of nitrogens with zero attached hydrogens (tertiary/aromatic N) is 2. The van der Waals surface area contributed by atoms with Gasteiger partial charge in [0.2, 0.25) is 0 Å². The Morgan fingerprint density at radius 2 is 1.84 bits per heavy atom. The fraction of sp³-hybridized carbons (Fsp3) is 0.294. The lowest BCUT2D eigenvalue weighted by Crippen LogP contribution is -2.11. The van der Waals surface area contributed by atoms with Gasteiger partial charge >= 0.3 is 0 Å². The summed E-state index contributed by atoms with van der Waals surface area (Å²) in [7, 11) is 0. The van der Waals surface area contributed by atoms with Crippen LogP contribution in [-0.2, 0) is 5.41 Å². The number of para-hydroxylation sites is 1. The van der Waals surface area contributed by atoms with Crippen LogP contribution in [0.5, 0.6) is 0 Å². The first-order valence-electron chi connectivity index (χ1n) is 6.53. The number of pyridine rings is 1. The molecule has 0 aliphatic rings. The zero-order valence-corrected chi connectivity index (χ0v) is 12.0. The van der Waals surface area contributed by atoms with Crippen LogP contribution in [0.1, 0.15) is 37.6 Å². The van der Waals surface area contributed by atoms with E-state index in [-0.39, 0.29) is 5.41 Å². The van der Waals surface area contributed by atoms with Crippen molar-refractivity contribution in [2.75, 3.05) is 0 Å². The van der Waals surface area contributed by atoms with Crippen LogP contribution in [-0.4, -0.2) is 11.2 Å². The molecule has 0 bridgehead atoms. The molecule has 0 radical (unpaired) electrons. The number of aryl methyl sites for hydroxylation is 1. The minimum Gasteiger partial charge on any atom is -0.255 e. The van der Waals surface area contributed by atoms with E-state index in [9.17, 15) is 0 Å². The lowest BCUT2D eigenvalue weighted by atomic mass is 9.85. The van der Waals surface area contributed by atoms with Crippen LogP contribution in [0, 0.1) is 6.92 Å². The molecule has 0 aliphatic heterocycles. The van der Waals surface area contributed by atoms with Gasteiger partial charge in [-0.3, -0.25) is 9.98 Å². The molecule has 1 aromatic heterocycles. The predicted molar refractivity (Wildman–Crippen MR) is 81.4 cm³/mol. The van der Waals surface area contributed by atoms with E-state index in [0.29, 0.717) is 0 Å². The Bertz CT molecular complexity index is 578. The molecular weight excluding hydrogens is 232 g/mol. The molecule has 0 saturated carbocycles. The molecule has 1 aromatic carbocycles. The number of benzene rings is 1. The van der Waals surface area contributed by atoms with Gasteiger partial charge in [-0.05, 0) is 35.6 Å². The SMILES string of the molecule is Cc1cccc(C(C)(C)C)c1N=Cc1ccccn1. The third kappa shape index (κ3) is 3.28. The Hall–Kier alpha value is -1.96. The van der Waals surface area contributed by atoms with Crippen LogP contribution >= 0.6 is 0 Å². The van der Waals surface area contributed by atoms with E-state index in [0.717, 1.165) is 11.4 Å². The molecule has 2 aromatic rings. The van der Waals surface area contributed by atoms with Crippen molar-refractivity contribution in [2.24, 2.45) is 4.99 Å². The molecule has 0 N–H and O–H groups in total. The average molecular weight is 252 g/mol. The molecule has 0 fully saturated rings. The van der Waals surface area contributed by atoms with Gasteiger partial charge < -0.3 is 0 Å². The van der Waals surface area contributed by atoms with Gasteiger partial charge in [-0.1, -0.05) is 45.0 Å². The van der Waals surface area contributed by atoms with Gasteiger partial charge in [0.1, 0.15) is 0 Å². The lowest BCUT2D eigenvalue weighted by molar-refractivity contribution is 0.591. The monoisotopic (exact) mass is 252 g/mol. The minimum atomic E-state index is 0.0861. The highest BCUT2D eigenvalue weighted by Crippen LogP contribution is 2.33. The standard InChI is InChI=1S/C17H20N2/c1-13-8-7-10-15(17(2,3)4)16(13)19-12-14-9-5-6-11-18-14/h5-12H,1-4H3. The molecule has 0 unspecified atom stereocenters. The van der Waals surface area contributed by atoms with Crippen molar-refractivity contribution < 1.29 is 0 Å². The van der Waals surface area contributed by atoms with Crippen LogP contribution in [0.2, 0.25) is 0 Å². The van der Waals surface area contributed by atoms with Crippen LogP contribution < -0.4 is 0 Å². The van der Waals surface area contributed by atoms with Gasteiger partial charge in [0.15, 0.2) is 0 Å². The summed E-state index contributed by atoms with van der Waals surface area (Å²) in [4.78, 5) is 8.92. The summed E-state index contributed by atoms with van der Waals surface area (Å²) in [5.74, 6) is 0. The van der Waals surface area contributed by atoms with Crippen molar-refractivity contribution in [1.29, 1.82) is 0 Å². The summed E-state index contributed by atoms with van der Waals surface area (Å²) in [6.45, 7) is 8.73. The second kappa shape index (κ2) is 5.35. The van der Waals surface area contributed by atoms with E-state index in [1.165, 1.54) is 11.1 Å². The first-order valence-corrected chi connectivity index (χ1v) is 6.53. The molecule has 98 valence electrons. The number of aromatic nitrogens is 1. The van der Waals surface area contributed by atoms with Gasteiger partial charge in [0.05, 0.1) is 17.6 Å². The summed E-state index contributed by atoms with van der Waals surface area (Å²) >= 11 is 0. The largest absolute Gasteiger partial charge is 0.255 e. The fourth-order valence-electron chi connectivity index (χ4n) is 2.02. The van der Waals surface area contributed by atoms with Gasteiger partial charge in [-0.15, -0.1) is 0 Å². The summed E-state index contributed by atoms with van der Waals surface area (Å²) < 4.78 is 0. The molecule has 2 heteroatoms. The van der Waals surface area contributed by atoms with Crippen LogP contribution in [0.15, 0.2) is 47.6 Å². The Balaban J connectivity index is 2.43. The van der Waals surface area contributed by atoms with Crippen molar-refractivity contribution >= 4 is 11.9 Å². The maximum Gasteiger partial charge on any atom is 0.0812 e. The van der Waals surface area contributed by atoms with Gasteiger partial charge in [0.25, 0.3) is 0 Å². The number of aliphatic imine (C=N–C) groups is 1. The molecular formula is C17H20N2. The molecule has 1 heterocycles. The predicted octanol–water partition coefficient (Wildman–Crippen LogP) is 4.44. The van der Waals surface area contributed by atoms with Crippen molar-refractivity contribution in [3.05, 3.63) is 59.4 Å². The van der Waals surface area contributed by atoms with E-state index in [2.05, 4.69) is 55.9 Å². The minimum absolute atomic E-state index is 0.0861.